The van der Waals surface area contributed by atoms with Gasteiger partial charge >= 0.3 is 0 Å². The fraction of sp³-hybridized carbons (Fsp3) is 0.111. The number of hydrogen-bond acceptors (Lipinski definition) is 3. The molecule has 0 atom stereocenters. The van der Waals surface area contributed by atoms with Crippen molar-refractivity contribution in [2.75, 3.05) is 6.54 Å². The topological polar surface area (TPSA) is 67.2 Å². The lowest BCUT2D eigenvalue weighted by molar-refractivity contribution is 0.0954. The molecule has 3 rings (SSSR count). The molecule has 24 heavy (non-hydrogen) atoms. The van der Waals surface area contributed by atoms with E-state index in [0.29, 0.717) is 18.5 Å². The van der Waals surface area contributed by atoms with Crippen LogP contribution >= 0.6 is 15.9 Å². The number of phenolic OH excluding ortho intramolecular Hbond substituents is 1. The molecule has 1 amide bonds. The molecular formula is C18H16BrN3O2. The quantitative estimate of drug-likeness (QED) is 0.707. The number of aromatic nitrogens is 2. The van der Waals surface area contributed by atoms with Crippen molar-refractivity contribution in [3.63, 3.8) is 0 Å². The largest absolute Gasteiger partial charge is 0.508 e. The first-order chi connectivity index (χ1) is 11.6. The molecule has 0 saturated heterocycles. The van der Waals surface area contributed by atoms with Crippen molar-refractivity contribution >= 4 is 21.8 Å². The molecular weight excluding hydrogens is 370 g/mol. The molecule has 1 aromatic heterocycles. The highest BCUT2D eigenvalue weighted by atomic mass is 79.9. The fourth-order valence-corrected chi connectivity index (χ4v) is 2.57. The van der Waals surface area contributed by atoms with E-state index < -0.39 is 0 Å². The van der Waals surface area contributed by atoms with Crippen LogP contribution in [0, 0.1) is 0 Å². The smallest absolute Gasteiger partial charge is 0.254 e. The highest BCUT2D eigenvalue weighted by Crippen LogP contribution is 2.14. The second-order valence-electron chi connectivity index (χ2n) is 5.33. The zero-order valence-electron chi connectivity index (χ0n) is 12.8. The first-order valence-electron chi connectivity index (χ1n) is 7.48. The second kappa shape index (κ2) is 7.31. The molecule has 2 aromatic carbocycles. The average molecular weight is 386 g/mol. The van der Waals surface area contributed by atoms with Crippen molar-refractivity contribution in [2.24, 2.45) is 0 Å². The van der Waals surface area contributed by atoms with E-state index >= 15 is 0 Å². The number of hydrogen-bond donors (Lipinski definition) is 2. The zero-order chi connectivity index (χ0) is 16.9. The van der Waals surface area contributed by atoms with Gasteiger partial charge in [-0.1, -0.05) is 28.1 Å². The van der Waals surface area contributed by atoms with Crippen LogP contribution in [-0.2, 0) is 6.42 Å². The molecule has 5 nitrogen and oxygen atoms in total. The molecule has 0 unspecified atom stereocenters. The number of aromatic hydroxyl groups is 1. The van der Waals surface area contributed by atoms with Crippen molar-refractivity contribution < 1.29 is 9.90 Å². The number of benzene rings is 2. The summed E-state index contributed by atoms with van der Waals surface area (Å²) < 4.78 is 2.65. The number of nitrogens with zero attached hydrogens (tertiary/aromatic N) is 2. The second-order valence-corrected chi connectivity index (χ2v) is 6.24. The monoisotopic (exact) mass is 385 g/mol. The number of halogens is 1. The Morgan fingerprint density at radius 1 is 1.21 bits per heavy atom. The maximum Gasteiger partial charge on any atom is 0.254 e. The van der Waals surface area contributed by atoms with Crippen molar-refractivity contribution in [2.45, 2.75) is 6.42 Å². The van der Waals surface area contributed by atoms with Crippen LogP contribution in [0.1, 0.15) is 15.9 Å². The minimum atomic E-state index is -0.168. The van der Waals surface area contributed by atoms with Crippen LogP contribution in [0.25, 0.3) is 5.69 Å². The molecule has 0 spiro atoms. The minimum Gasteiger partial charge on any atom is -0.508 e. The molecule has 0 saturated carbocycles. The zero-order valence-corrected chi connectivity index (χ0v) is 14.4. The number of rotatable bonds is 5. The van der Waals surface area contributed by atoms with Gasteiger partial charge in [0.2, 0.25) is 0 Å². The molecule has 0 aliphatic carbocycles. The Bertz CT molecular complexity index is 843. The molecule has 0 fully saturated rings. The van der Waals surface area contributed by atoms with Crippen LogP contribution in [-0.4, -0.2) is 27.3 Å². The first kappa shape index (κ1) is 16.3. The summed E-state index contributed by atoms with van der Waals surface area (Å²) in [5.41, 5.74) is 2.37. The normalized spacial score (nSPS) is 10.5. The van der Waals surface area contributed by atoms with E-state index in [0.717, 1.165) is 15.7 Å². The Morgan fingerprint density at radius 3 is 2.75 bits per heavy atom. The van der Waals surface area contributed by atoms with Crippen LogP contribution in [0.4, 0.5) is 0 Å². The molecule has 3 aromatic rings. The Morgan fingerprint density at radius 2 is 2.00 bits per heavy atom. The van der Waals surface area contributed by atoms with Gasteiger partial charge in [0.25, 0.3) is 5.91 Å². The summed E-state index contributed by atoms with van der Waals surface area (Å²) in [5.74, 6) is 0.0631. The van der Waals surface area contributed by atoms with E-state index in [4.69, 9.17) is 0 Å². The van der Waals surface area contributed by atoms with Gasteiger partial charge in [0.05, 0.1) is 17.4 Å². The number of nitrogens with one attached hydrogen (secondary N) is 1. The van der Waals surface area contributed by atoms with Crippen molar-refractivity contribution in [3.05, 3.63) is 76.5 Å². The Labute approximate surface area is 148 Å². The summed E-state index contributed by atoms with van der Waals surface area (Å²) in [6.07, 6.45) is 3.90. The number of phenols is 1. The molecule has 0 bridgehead atoms. The van der Waals surface area contributed by atoms with Gasteiger partial charge in [-0.3, -0.25) is 4.79 Å². The van der Waals surface area contributed by atoms with Gasteiger partial charge in [0.15, 0.2) is 0 Å². The summed E-state index contributed by atoms with van der Waals surface area (Å²) in [4.78, 5) is 12.2. The molecule has 0 aliphatic heterocycles. The number of amides is 1. The summed E-state index contributed by atoms with van der Waals surface area (Å²) in [6.45, 7) is 0.492. The van der Waals surface area contributed by atoms with Gasteiger partial charge in [-0.05, 0) is 48.4 Å². The third-order valence-electron chi connectivity index (χ3n) is 3.55. The van der Waals surface area contributed by atoms with Gasteiger partial charge < -0.3 is 10.4 Å². The van der Waals surface area contributed by atoms with E-state index in [9.17, 15) is 9.90 Å². The average Bonchev–Trinajstić information content (AvgIpc) is 3.05. The maximum absolute atomic E-state index is 12.2. The van der Waals surface area contributed by atoms with Crippen LogP contribution in [0.2, 0.25) is 0 Å². The van der Waals surface area contributed by atoms with Crippen molar-refractivity contribution in [1.29, 1.82) is 0 Å². The fourth-order valence-electron chi connectivity index (χ4n) is 2.31. The lowest BCUT2D eigenvalue weighted by atomic mass is 10.1. The van der Waals surface area contributed by atoms with Crippen LogP contribution in [0.5, 0.6) is 5.75 Å². The first-order valence-corrected chi connectivity index (χ1v) is 8.28. The maximum atomic E-state index is 12.2. The van der Waals surface area contributed by atoms with Crippen LogP contribution < -0.4 is 5.32 Å². The summed E-state index contributed by atoms with van der Waals surface area (Å²) >= 11 is 3.39. The predicted octanol–water partition coefficient (Wildman–Crippen LogP) is 3.31. The van der Waals surface area contributed by atoms with Gasteiger partial charge in [-0.2, -0.15) is 5.10 Å². The van der Waals surface area contributed by atoms with Crippen LogP contribution in [0.15, 0.2) is 65.4 Å². The van der Waals surface area contributed by atoms with Gasteiger partial charge in [0.1, 0.15) is 5.75 Å². The number of carbonyl (C=O) groups excluding carboxylic acids is 1. The minimum absolute atomic E-state index is 0.168. The Hall–Kier alpha value is -2.60. The van der Waals surface area contributed by atoms with Gasteiger partial charge in [-0.25, -0.2) is 4.68 Å². The lowest BCUT2D eigenvalue weighted by Crippen LogP contribution is -2.25. The van der Waals surface area contributed by atoms with E-state index in [1.807, 2.05) is 30.3 Å². The van der Waals surface area contributed by atoms with Crippen molar-refractivity contribution in [3.8, 4) is 11.4 Å². The molecule has 0 aliphatic rings. The van der Waals surface area contributed by atoms with Gasteiger partial charge in [-0.15, -0.1) is 0 Å². The van der Waals surface area contributed by atoms with Crippen molar-refractivity contribution in [1.82, 2.24) is 15.1 Å². The highest BCUT2D eigenvalue weighted by Gasteiger charge is 2.09. The molecule has 1 heterocycles. The number of carbonyl (C=O) groups is 1. The van der Waals surface area contributed by atoms with E-state index in [1.165, 1.54) is 0 Å². The summed E-state index contributed by atoms with van der Waals surface area (Å²) in [7, 11) is 0. The SMILES string of the molecule is O=C(NCCc1cccc(O)c1)c1cnn(-c2ccc(Br)cc2)c1. The van der Waals surface area contributed by atoms with E-state index in [2.05, 4.69) is 26.3 Å². The molecule has 6 heteroatoms. The standard InChI is InChI=1S/C18H16BrN3O2/c19-15-4-6-16(7-5-15)22-12-14(11-21-22)18(24)20-9-8-13-2-1-3-17(23)10-13/h1-7,10-12,23H,8-9H2,(H,20,24). The Balaban J connectivity index is 1.58. The predicted molar refractivity (Wildman–Crippen MR) is 95.4 cm³/mol. The third-order valence-corrected chi connectivity index (χ3v) is 4.07. The molecule has 2 N–H and O–H groups in total. The third kappa shape index (κ3) is 4.02. The highest BCUT2D eigenvalue weighted by molar-refractivity contribution is 9.10. The molecule has 122 valence electrons. The van der Waals surface area contributed by atoms with Crippen LogP contribution in [0.3, 0.4) is 0 Å². The molecule has 0 radical (unpaired) electrons. The summed E-state index contributed by atoms with van der Waals surface area (Å²) in [5, 5.41) is 16.5. The Kier molecular flexibility index (Phi) is 4.96. The van der Waals surface area contributed by atoms with E-state index in [-0.39, 0.29) is 11.7 Å². The van der Waals surface area contributed by atoms with Gasteiger partial charge in [0, 0.05) is 17.2 Å². The van der Waals surface area contributed by atoms with E-state index in [1.54, 1.807) is 35.3 Å². The summed E-state index contributed by atoms with van der Waals surface area (Å²) in [6, 6.07) is 14.7. The lowest BCUT2D eigenvalue weighted by Gasteiger charge is -2.04.